The van der Waals surface area contributed by atoms with Crippen molar-refractivity contribution in [1.29, 1.82) is 5.26 Å². The third kappa shape index (κ3) is 2.48. The van der Waals surface area contributed by atoms with Gasteiger partial charge in [-0.2, -0.15) is 5.26 Å². The van der Waals surface area contributed by atoms with E-state index in [-0.39, 0.29) is 0 Å². The summed E-state index contributed by atoms with van der Waals surface area (Å²) in [6, 6.07) is 8.11. The first-order valence-electron chi connectivity index (χ1n) is 4.50. The minimum Gasteiger partial charge on any atom is -0.283 e. The van der Waals surface area contributed by atoms with Crippen molar-refractivity contribution in [3.8, 4) is 6.19 Å². The number of rotatable bonds is 3. The minimum absolute atomic E-state index is 0.947. The van der Waals surface area contributed by atoms with Crippen molar-refractivity contribution < 1.29 is 0 Å². The zero-order chi connectivity index (χ0) is 9.68. The van der Waals surface area contributed by atoms with Crippen molar-refractivity contribution in [3.63, 3.8) is 0 Å². The molecular weight excluding hydrogens is 160 g/mol. The quantitative estimate of drug-likeness (QED) is 0.520. The Labute approximate surface area is 79.4 Å². The van der Waals surface area contributed by atoms with Crippen molar-refractivity contribution in [2.45, 2.75) is 19.8 Å². The van der Waals surface area contributed by atoms with Crippen LogP contribution in [0.1, 0.15) is 18.9 Å². The Kier molecular flexibility index (Phi) is 3.33. The molecule has 0 fully saturated rings. The number of nitriles is 1. The van der Waals surface area contributed by atoms with E-state index >= 15 is 0 Å². The number of nitrogens with zero attached hydrogens (tertiary/aromatic N) is 2. The van der Waals surface area contributed by atoms with Crippen LogP contribution >= 0.6 is 0 Å². The first-order chi connectivity index (χ1) is 6.27. The zero-order valence-corrected chi connectivity index (χ0v) is 8.12. The fourth-order valence-corrected chi connectivity index (χ4v) is 1.23. The molecule has 68 valence electrons. The first kappa shape index (κ1) is 9.60. The third-order valence-corrected chi connectivity index (χ3v) is 2.01. The highest BCUT2D eigenvalue weighted by molar-refractivity contribution is 5.50. The Hall–Kier alpha value is -1.49. The largest absolute Gasteiger partial charge is 0.283 e. The molecule has 2 heteroatoms. The molecule has 0 radical (unpaired) electrons. The molecule has 1 aromatic carbocycles. The van der Waals surface area contributed by atoms with Crippen LogP contribution in [0.2, 0.25) is 0 Å². The highest BCUT2D eigenvalue weighted by Gasteiger charge is 1.97. The summed E-state index contributed by atoms with van der Waals surface area (Å²) in [6.07, 6.45) is 4.33. The molecule has 0 bridgehead atoms. The molecule has 0 amide bonds. The molecule has 1 rings (SSSR count). The normalized spacial score (nSPS) is 9.31. The van der Waals surface area contributed by atoms with Crippen LogP contribution in [-0.4, -0.2) is 7.05 Å². The lowest BCUT2D eigenvalue weighted by atomic mass is 10.1. The Morgan fingerprint density at radius 2 is 1.92 bits per heavy atom. The lowest BCUT2D eigenvalue weighted by Crippen LogP contribution is -2.07. The van der Waals surface area contributed by atoms with E-state index in [9.17, 15) is 0 Å². The lowest BCUT2D eigenvalue weighted by molar-refractivity contribution is 0.921. The third-order valence-electron chi connectivity index (χ3n) is 2.01. The predicted molar refractivity (Wildman–Crippen MR) is 54.5 cm³/mol. The van der Waals surface area contributed by atoms with E-state index in [1.807, 2.05) is 12.1 Å². The van der Waals surface area contributed by atoms with Gasteiger partial charge in [-0.1, -0.05) is 25.5 Å². The molecule has 0 unspecified atom stereocenters. The molecule has 0 saturated carbocycles. The summed E-state index contributed by atoms with van der Waals surface area (Å²) in [5.74, 6) is 0. The molecule has 0 aliphatic heterocycles. The van der Waals surface area contributed by atoms with Gasteiger partial charge in [0, 0.05) is 7.05 Å². The van der Waals surface area contributed by atoms with Gasteiger partial charge in [0.15, 0.2) is 6.19 Å². The fraction of sp³-hybridized carbons (Fsp3) is 0.364. The van der Waals surface area contributed by atoms with Crippen LogP contribution < -0.4 is 4.90 Å². The summed E-state index contributed by atoms with van der Waals surface area (Å²) < 4.78 is 0. The summed E-state index contributed by atoms with van der Waals surface area (Å²) in [4.78, 5) is 1.55. The maximum absolute atomic E-state index is 8.64. The summed E-state index contributed by atoms with van der Waals surface area (Å²) >= 11 is 0. The Morgan fingerprint density at radius 3 is 2.38 bits per heavy atom. The second-order valence-corrected chi connectivity index (χ2v) is 3.08. The molecule has 0 saturated heterocycles. The van der Waals surface area contributed by atoms with E-state index in [4.69, 9.17) is 5.26 Å². The Balaban J connectivity index is 2.76. The molecule has 0 aliphatic rings. The monoisotopic (exact) mass is 174 g/mol. The van der Waals surface area contributed by atoms with Crippen molar-refractivity contribution >= 4 is 5.69 Å². The molecule has 0 N–H and O–H groups in total. The molecule has 2 nitrogen and oxygen atoms in total. The first-order valence-corrected chi connectivity index (χ1v) is 4.50. The summed E-state index contributed by atoms with van der Waals surface area (Å²) in [7, 11) is 1.76. The van der Waals surface area contributed by atoms with Crippen molar-refractivity contribution in [1.82, 2.24) is 0 Å². The van der Waals surface area contributed by atoms with Crippen LogP contribution in [-0.2, 0) is 6.42 Å². The van der Waals surface area contributed by atoms with Gasteiger partial charge in [-0.15, -0.1) is 0 Å². The number of benzene rings is 1. The molecule has 0 spiro atoms. The SMILES string of the molecule is CCCc1ccc(N(C)C#N)cc1. The molecule has 1 aromatic rings. The van der Waals surface area contributed by atoms with Gasteiger partial charge < -0.3 is 0 Å². The molecule has 0 heterocycles. The number of hydrogen-bond donors (Lipinski definition) is 0. The Morgan fingerprint density at radius 1 is 1.31 bits per heavy atom. The molecule has 0 atom stereocenters. The average molecular weight is 174 g/mol. The fourth-order valence-electron chi connectivity index (χ4n) is 1.23. The van der Waals surface area contributed by atoms with E-state index in [1.54, 1.807) is 11.9 Å². The number of hydrogen-bond acceptors (Lipinski definition) is 2. The van der Waals surface area contributed by atoms with Crippen LogP contribution in [0, 0.1) is 11.5 Å². The van der Waals surface area contributed by atoms with Gasteiger partial charge in [0.25, 0.3) is 0 Å². The van der Waals surface area contributed by atoms with E-state index in [0.29, 0.717) is 0 Å². The van der Waals surface area contributed by atoms with E-state index < -0.39 is 0 Å². The summed E-state index contributed by atoms with van der Waals surface area (Å²) in [5, 5.41) is 8.64. The predicted octanol–water partition coefficient (Wildman–Crippen LogP) is 2.56. The topological polar surface area (TPSA) is 27.0 Å². The molecule has 13 heavy (non-hydrogen) atoms. The lowest BCUT2D eigenvalue weighted by Gasteiger charge is -2.08. The second kappa shape index (κ2) is 4.51. The van der Waals surface area contributed by atoms with Gasteiger partial charge >= 0.3 is 0 Å². The maximum atomic E-state index is 8.64. The van der Waals surface area contributed by atoms with Crippen LogP contribution in [0.3, 0.4) is 0 Å². The smallest absolute Gasteiger partial charge is 0.183 e. The summed E-state index contributed by atoms with van der Waals surface area (Å²) in [6.45, 7) is 2.16. The van der Waals surface area contributed by atoms with Crippen LogP contribution in [0.5, 0.6) is 0 Å². The molecule has 0 aliphatic carbocycles. The van der Waals surface area contributed by atoms with Crippen LogP contribution in [0.4, 0.5) is 5.69 Å². The van der Waals surface area contributed by atoms with Crippen LogP contribution in [0.15, 0.2) is 24.3 Å². The van der Waals surface area contributed by atoms with Gasteiger partial charge in [-0.25, -0.2) is 0 Å². The van der Waals surface area contributed by atoms with Crippen molar-refractivity contribution in [2.24, 2.45) is 0 Å². The van der Waals surface area contributed by atoms with Crippen molar-refractivity contribution in [2.75, 3.05) is 11.9 Å². The number of anilines is 1. The summed E-state index contributed by atoms with van der Waals surface area (Å²) in [5.41, 5.74) is 2.28. The standard InChI is InChI=1S/C11H14N2/c1-3-4-10-5-7-11(8-6-10)13(2)9-12/h5-8H,3-4H2,1-2H3. The highest BCUT2D eigenvalue weighted by atomic mass is 15.1. The Bertz CT molecular complexity index is 295. The molecule has 0 aromatic heterocycles. The van der Waals surface area contributed by atoms with E-state index in [1.165, 1.54) is 5.56 Å². The van der Waals surface area contributed by atoms with Gasteiger partial charge in [0.1, 0.15) is 0 Å². The van der Waals surface area contributed by atoms with Crippen molar-refractivity contribution in [3.05, 3.63) is 29.8 Å². The second-order valence-electron chi connectivity index (χ2n) is 3.08. The highest BCUT2D eigenvalue weighted by Crippen LogP contribution is 2.13. The van der Waals surface area contributed by atoms with Gasteiger partial charge in [0.2, 0.25) is 0 Å². The van der Waals surface area contributed by atoms with E-state index in [0.717, 1.165) is 18.5 Å². The minimum atomic E-state index is 0.947. The van der Waals surface area contributed by atoms with Crippen LogP contribution in [0.25, 0.3) is 0 Å². The van der Waals surface area contributed by atoms with E-state index in [2.05, 4.69) is 25.2 Å². The zero-order valence-electron chi connectivity index (χ0n) is 8.12. The maximum Gasteiger partial charge on any atom is 0.183 e. The molecular formula is C11H14N2. The number of aryl methyl sites for hydroxylation is 1. The van der Waals surface area contributed by atoms with Gasteiger partial charge in [-0.05, 0) is 24.1 Å². The van der Waals surface area contributed by atoms with Gasteiger partial charge in [-0.3, -0.25) is 4.90 Å². The van der Waals surface area contributed by atoms with Gasteiger partial charge in [0.05, 0.1) is 5.69 Å². The average Bonchev–Trinajstić information content (AvgIpc) is 2.18.